The Hall–Kier alpha value is -3.48. The van der Waals surface area contributed by atoms with Crippen LogP contribution in [0.25, 0.3) is 10.9 Å². The molecule has 2 heterocycles. The first kappa shape index (κ1) is 19.3. The van der Waals surface area contributed by atoms with Gasteiger partial charge in [0, 0.05) is 51.5 Å². The van der Waals surface area contributed by atoms with Gasteiger partial charge in [-0.1, -0.05) is 12.1 Å². The molecule has 0 N–H and O–H groups in total. The van der Waals surface area contributed by atoms with Crippen LogP contribution in [0.4, 0.5) is 0 Å². The Morgan fingerprint density at radius 2 is 1.86 bits per heavy atom. The molecule has 3 aromatic rings. The predicted octanol–water partition coefficient (Wildman–Crippen LogP) is 1.76. The van der Waals surface area contributed by atoms with Crippen LogP contribution in [0.15, 0.2) is 59.7 Å². The number of fused-ring (bicyclic) bond motifs is 1. The fourth-order valence-electron chi connectivity index (χ4n) is 2.86. The molecule has 2 aromatic heterocycles. The van der Waals surface area contributed by atoms with Gasteiger partial charge in [0.25, 0.3) is 11.5 Å². The Balaban J connectivity index is 1.78. The quantitative estimate of drug-likeness (QED) is 0.678. The first-order valence-electron chi connectivity index (χ1n) is 8.85. The molecule has 0 radical (unpaired) electrons. The lowest BCUT2D eigenvalue weighted by Gasteiger charge is -2.18. The standard InChI is InChI=1S/C21H22N4O3/c1-23(2)20(27)14-25-13-17(7-9-19(25)26)21(28)24(3)12-15-6-8-18-16(11-15)5-4-10-22-18/h4-11,13H,12,14H2,1-3H3. The van der Waals surface area contributed by atoms with E-state index in [0.29, 0.717) is 12.1 Å². The number of aromatic nitrogens is 2. The Bertz CT molecular complexity index is 1090. The van der Waals surface area contributed by atoms with Crippen LogP contribution in [0, 0.1) is 0 Å². The average molecular weight is 378 g/mol. The number of pyridine rings is 2. The fraction of sp³-hybridized carbons (Fsp3) is 0.238. The van der Waals surface area contributed by atoms with E-state index < -0.39 is 0 Å². The number of hydrogen-bond donors (Lipinski definition) is 0. The van der Waals surface area contributed by atoms with Gasteiger partial charge in [-0.3, -0.25) is 19.4 Å². The lowest BCUT2D eigenvalue weighted by molar-refractivity contribution is -0.129. The Labute approximate surface area is 162 Å². The van der Waals surface area contributed by atoms with Gasteiger partial charge >= 0.3 is 0 Å². The predicted molar refractivity (Wildman–Crippen MR) is 107 cm³/mol. The van der Waals surface area contributed by atoms with Crippen molar-refractivity contribution in [1.82, 2.24) is 19.4 Å². The topological polar surface area (TPSA) is 75.5 Å². The number of benzene rings is 1. The number of amides is 2. The summed E-state index contributed by atoms with van der Waals surface area (Å²) in [5.74, 6) is -0.442. The molecule has 0 aliphatic heterocycles. The molecule has 0 aliphatic rings. The molecule has 0 unspecified atom stereocenters. The van der Waals surface area contributed by atoms with Crippen LogP contribution in [0.2, 0.25) is 0 Å². The van der Waals surface area contributed by atoms with Crippen LogP contribution in [0.1, 0.15) is 15.9 Å². The van der Waals surface area contributed by atoms with E-state index in [9.17, 15) is 14.4 Å². The van der Waals surface area contributed by atoms with E-state index in [1.54, 1.807) is 32.2 Å². The van der Waals surface area contributed by atoms with E-state index in [4.69, 9.17) is 0 Å². The molecular formula is C21H22N4O3. The molecule has 0 saturated carbocycles. The van der Waals surface area contributed by atoms with E-state index >= 15 is 0 Å². The fourth-order valence-corrected chi connectivity index (χ4v) is 2.86. The third-order valence-corrected chi connectivity index (χ3v) is 4.47. The largest absolute Gasteiger partial charge is 0.347 e. The van der Waals surface area contributed by atoms with E-state index in [1.165, 1.54) is 27.8 Å². The summed E-state index contributed by atoms with van der Waals surface area (Å²) in [6, 6.07) is 12.5. The van der Waals surface area contributed by atoms with Crippen LogP contribution in [0.5, 0.6) is 0 Å². The van der Waals surface area contributed by atoms with Crippen molar-refractivity contribution in [2.24, 2.45) is 0 Å². The summed E-state index contributed by atoms with van der Waals surface area (Å²) >= 11 is 0. The van der Waals surface area contributed by atoms with Crippen molar-refractivity contribution in [1.29, 1.82) is 0 Å². The van der Waals surface area contributed by atoms with Gasteiger partial charge in [-0.15, -0.1) is 0 Å². The molecule has 7 heteroatoms. The zero-order chi connectivity index (χ0) is 20.3. The highest BCUT2D eigenvalue weighted by Crippen LogP contribution is 2.15. The number of hydrogen-bond acceptors (Lipinski definition) is 4. The maximum Gasteiger partial charge on any atom is 0.255 e. The van der Waals surface area contributed by atoms with Gasteiger partial charge in [0.2, 0.25) is 5.91 Å². The van der Waals surface area contributed by atoms with Crippen molar-refractivity contribution in [3.8, 4) is 0 Å². The highest BCUT2D eigenvalue weighted by atomic mass is 16.2. The minimum atomic E-state index is -0.323. The Kier molecular flexibility index (Phi) is 5.54. The van der Waals surface area contributed by atoms with Gasteiger partial charge in [-0.2, -0.15) is 0 Å². The molecule has 144 valence electrons. The van der Waals surface area contributed by atoms with Gasteiger partial charge in [0.05, 0.1) is 11.1 Å². The van der Waals surface area contributed by atoms with Crippen LogP contribution < -0.4 is 5.56 Å². The SMILES string of the molecule is CN(C)C(=O)Cn1cc(C(=O)N(C)Cc2ccc3ncccc3c2)ccc1=O. The average Bonchev–Trinajstić information content (AvgIpc) is 2.68. The summed E-state index contributed by atoms with van der Waals surface area (Å²) < 4.78 is 1.26. The summed E-state index contributed by atoms with van der Waals surface area (Å²) in [5, 5.41) is 1.01. The summed E-state index contributed by atoms with van der Waals surface area (Å²) in [6.07, 6.45) is 3.18. The maximum atomic E-state index is 12.8. The minimum absolute atomic E-state index is 0.103. The second-order valence-corrected chi connectivity index (χ2v) is 6.86. The summed E-state index contributed by atoms with van der Waals surface area (Å²) in [5.41, 5.74) is 1.91. The van der Waals surface area contributed by atoms with Crippen molar-refractivity contribution in [2.45, 2.75) is 13.1 Å². The molecule has 0 spiro atoms. The first-order valence-corrected chi connectivity index (χ1v) is 8.85. The van der Waals surface area contributed by atoms with Crippen molar-refractivity contribution in [2.75, 3.05) is 21.1 Å². The third-order valence-electron chi connectivity index (χ3n) is 4.47. The van der Waals surface area contributed by atoms with Gasteiger partial charge < -0.3 is 14.4 Å². The minimum Gasteiger partial charge on any atom is -0.347 e. The summed E-state index contributed by atoms with van der Waals surface area (Å²) in [6.45, 7) is 0.313. The monoisotopic (exact) mass is 378 g/mol. The molecule has 0 fully saturated rings. The van der Waals surface area contributed by atoms with Gasteiger partial charge in [-0.25, -0.2) is 0 Å². The number of carbonyl (C=O) groups is 2. The van der Waals surface area contributed by atoms with E-state index in [-0.39, 0.29) is 23.9 Å². The highest BCUT2D eigenvalue weighted by Gasteiger charge is 2.15. The number of rotatable bonds is 5. The van der Waals surface area contributed by atoms with Crippen LogP contribution in [-0.2, 0) is 17.9 Å². The normalized spacial score (nSPS) is 10.7. The number of carbonyl (C=O) groups excluding carboxylic acids is 2. The van der Waals surface area contributed by atoms with Crippen molar-refractivity contribution in [3.05, 3.63) is 76.3 Å². The van der Waals surface area contributed by atoms with Crippen molar-refractivity contribution in [3.63, 3.8) is 0 Å². The summed E-state index contributed by atoms with van der Waals surface area (Å²) in [7, 11) is 4.95. The third kappa shape index (κ3) is 4.25. The molecule has 2 amide bonds. The van der Waals surface area contributed by atoms with Gasteiger partial charge in [0.1, 0.15) is 6.54 Å². The lowest BCUT2D eigenvalue weighted by atomic mass is 10.1. The van der Waals surface area contributed by atoms with E-state index in [2.05, 4.69) is 4.98 Å². The number of nitrogens with zero attached hydrogens (tertiary/aromatic N) is 4. The second-order valence-electron chi connectivity index (χ2n) is 6.86. The van der Waals surface area contributed by atoms with Gasteiger partial charge in [-0.05, 0) is 29.8 Å². The highest BCUT2D eigenvalue weighted by molar-refractivity contribution is 5.93. The second kappa shape index (κ2) is 8.04. The van der Waals surface area contributed by atoms with Crippen LogP contribution in [-0.4, -0.2) is 52.3 Å². The molecule has 3 rings (SSSR count). The molecule has 0 atom stereocenters. The molecule has 1 aromatic carbocycles. The number of likely N-dealkylation sites (N-methyl/N-ethyl adjacent to an activating group) is 1. The van der Waals surface area contributed by atoms with Crippen LogP contribution >= 0.6 is 0 Å². The zero-order valence-electron chi connectivity index (χ0n) is 16.1. The molecule has 28 heavy (non-hydrogen) atoms. The summed E-state index contributed by atoms with van der Waals surface area (Å²) in [4.78, 5) is 44.0. The van der Waals surface area contributed by atoms with E-state index in [1.807, 2.05) is 30.3 Å². The maximum absolute atomic E-state index is 12.8. The Morgan fingerprint density at radius 1 is 1.07 bits per heavy atom. The smallest absolute Gasteiger partial charge is 0.255 e. The van der Waals surface area contributed by atoms with Crippen molar-refractivity contribution >= 4 is 22.7 Å². The Morgan fingerprint density at radius 3 is 2.61 bits per heavy atom. The van der Waals surface area contributed by atoms with Crippen molar-refractivity contribution < 1.29 is 9.59 Å². The first-order chi connectivity index (χ1) is 13.3. The molecule has 0 bridgehead atoms. The van der Waals surface area contributed by atoms with E-state index in [0.717, 1.165) is 16.5 Å². The molecular weight excluding hydrogens is 356 g/mol. The van der Waals surface area contributed by atoms with Crippen LogP contribution in [0.3, 0.4) is 0 Å². The zero-order valence-corrected chi connectivity index (χ0v) is 16.1. The molecule has 0 aliphatic carbocycles. The lowest BCUT2D eigenvalue weighted by Crippen LogP contribution is -2.32. The van der Waals surface area contributed by atoms with Gasteiger partial charge in [0.15, 0.2) is 0 Å². The molecule has 0 saturated heterocycles. The molecule has 7 nitrogen and oxygen atoms in total.